The van der Waals surface area contributed by atoms with Crippen LogP contribution in [0.5, 0.6) is 0 Å². The number of nitrogens with zero attached hydrogens (tertiary/aromatic N) is 1. The Hall–Kier alpha value is -1.81. The van der Waals surface area contributed by atoms with Crippen LogP contribution in [0.2, 0.25) is 5.02 Å². The number of nitrogens with one attached hydrogen (secondary N) is 1. The molecule has 1 aliphatic rings. The number of rotatable bonds is 9. The Morgan fingerprint density at radius 2 is 2.00 bits per heavy atom. The molecule has 1 fully saturated rings. The third kappa shape index (κ3) is 3.81. The van der Waals surface area contributed by atoms with Crippen molar-refractivity contribution in [1.82, 2.24) is 10.2 Å². The zero-order chi connectivity index (χ0) is 17.6. The van der Waals surface area contributed by atoms with Gasteiger partial charge in [-0.1, -0.05) is 68.8 Å². The molecule has 3 amide bonds. The Balaban J connectivity index is 2.27. The largest absolute Gasteiger partial charge is 0.325 e. The fraction of sp³-hybridized carbons (Fsp3) is 0.474. The first-order chi connectivity index (χ1) is 11.5. The summed E-state index contributed by atoms with van der Waals surface area (Å²) in [6.45, 7) is 6.01. The van der Waals surface area contributed by atoms with Crippen LogP contribution in [0.4, 0.5) is 4.79 Å². The molecule has 0 bridgehead atoms. The Morgan fingerprint density at radius 1 is 1.25 bits per heavy atom. The number of imide groups is 1. The number of hydrogen-bond acceptors (Lipinski definition) is 2. The molecular weight excluding hydrogens is 324 g/mol. The fourth-order valence-electron chi connectivity index (χ4n) is 3.18. The van der Waals surface area contributed by atoms with E-state index in [9.17, 15) is 9.59 Å². The van der Waals surface area contributed by atoms with Gasteiger partial charge in [0.2, 0.25) is 0 Å². The van der Waals surface area contributed by atoms with E-state index >= 15 is 0 Å². The van der Waals surface area contributed by atoms with Crippen LogP contribution in [0.25, 0.3) is 0 Å². The summed E-state index contributed by atoms with van der Waals surface area (Å²) in [5.74, 6) is -0.217. The van der Waals surface area contributed by atoms with Crippen LogP contribution in [-0.2, 0) is 10.3 Å². The number of unbranched alkanes of at least 4 members (excludes halogenated alkanes) is 4. The minimum atomic E-state index is -1.02. The molecule has 0 radical (unpaired) electrons. The minimum absolute atomic E-state index is 0.211. The molecule has 1 aliphatic heterocycles. The fourth-order valence-corrected chi connectivity index (χ4v) is 3.37. The van der Waals surface area contributed by atoms with Crippen molar-refractivity contribution in [3.63, 3.8) is 0 Å². The Morgan fingerprint density at radius 3 is 2.67 bits per heavy atom. The molecule has 4 nitrogen and oxygen atoms in total. The van der Waals surface area contributed by atoms with Crippen molar-refractivity contribution in [3.8, 4) is 0 Å². The summed E-state index contributed by atoms with van der Waals surface area (Å²) in [6.07, 6.45) is 7.55. The second-order valence-electron chi connectivity index (χ2n) is 6.21. The van der Waals surface area contributed by atoms with E-state index < -0.39 is 5.54 Å². The molecule has 130 valence electrons. The molecule has 24 heavy (non-hydrogen) atoms. The van der Waals surface area contributed by atoms with Gasteiger partial charge in [-0.25, -0.2) is 4.79 Å². The van der Waals surface area contributed by atoms with E-state index in [1.165, 1.54) is 17.7 Å². The second kappa shape index (κ2) is 8.34. The van der Waals surface area contributed by atoms with Crippen LogP contribution in [0.15, 0.2) is 36.9 Å². The van der Waals surface area contributed by atoms with Crippen molar-refractivity contribution in [2.75, 3.05) is 6.54 Å². The molecule has 1 atom stereocenters. The molecule has 5 heteroatoms. The molecule has 0 aromatic heterocycles. The maximum absolute atomic E-state index is 13.0. The van der Waals surface area contributed by atoms with Crippen molar-refractivity contribution < 1.29 is 9.59 Å². The van der Waals surface area contributed by atoms with Gasteiger partial charge in [-0.05, 0) is 24.1 Å². The quantitative estimate of drug-likeness (QED) is 0.401. The van der Waals surface area contributed by atoms with Crippen molar-refractivity contribution >= 4 is 23.5 Å². The summed E-state index contributed by atoms with van der Waals surface area (Å²) in [4.78, 5) is 26.5. The minimum Gasteiger partial charge on any atom is -0.319 e. The van der Waals surface area contributed by atoms with Crippen molar-refractivity contribution in [2.24, 2.45) is 0 Å². The Labute approximate surface area is 148 Å². The van der Waals surface area contributed by atoms with E-state index in [1.807, 2.05) is 12.1 Å². The van der Waals surface area contributed by atoms with Gasteiger partial charge < -0.3 is 5.32 Å². The SMILES string of the molecule is C=CCN1C(=O)NC(CCCCCCC)(c2cccc(Cl)c2)C1=O. The van der Waals surface area contributed by atoms with Gasteiger partial charge >= 0.3 is 6.03 Å². The van der Waals surface area contributed by atoms with E-state index in [0.29, 0.717) is 11.4 Å². The maximum atomic E-state index is 13.0. The highest BCUT2D eigenvalue weighted by atomic mass is 35.5. The van der Waals surface area contributed by atoms with E-state index in [4.69, 9.17) is 11.6 Å². The lowest BCUT2D eigenvalue weighted by Crippen LogP contribution is -2.44. The third-order valence-electron chi connectivity index (χ3n) is 4.46. The predicted molar refractivity (Wildman–Crippen MR) is 96.9 cm³/mol. The zero-order valence-electron chi connectivity index (χ0n) is 14.2. The molecule has 2 rings (SSSR count). The van der Waals surface area contributed by atoms with Crippen LogP contribution in [-0.4, -0.2) is 23.4 Å². The Bertz CT molecular complexity index is 617. The lowest BCUT2D eigenvalue weighted by Gasteiger charge is -2.27. The summed E-state index contributed by atoms with van der Waals surface area (Å²) in [5, 5.41) is 3.47. The van der Waals surface area contributed by atoms with Crippen LogP contribution in [0.3, 0.4) is 0 Å². The predicted octanol–water partition coefficient (Wildman–Crippen LogP) is 4.63. The average molecular weight is 349 g/mol. The standard InChI is InChI=1S/C19H25ClN2O2/c1-3-5-6-7-8-12-19(15-10-9-11-16(20)14-15)17(23)22(13-4-2)18(24)21-19/h4,9-11,14H,2-3,5-8,12-13H2,1H3,(H,21,24). The number of halogens is 1. The number of urea groups is 1. The van der Waals surface area contributed by atoms with Gasteiger partial charge in [-0.3, -0.25) is 9.69 Å². The van der Waals surface area contributed by atoms with Gasteiger partial charge in [0.05, 0.1) is 0 Å². The van der Waals surface area contributed by atoms with Gasteiger partial charge in [0.1, 0.15) is 5.54 Å². The Kier molecular flexibility index (Phi) is 6.44. The number of carbonyl (C=O) groups is 2. The summed E-state index contributed by atoms with van der Waals surface area (Å²) in [5.41, 5.74) is -0.271. The normalized spacial score (nSPS) is 20.3. The molecule has 1 aromatic rings. The maximum Gasteiger partial charge on any atom is 0.325 e. The molecule has 1 aromatic carbocycles. The van der Waals surface area contributed by atoms with Gasteiger partial charge in [-0.15, -0.1) is 6.58 Å². The highest BCUT2D eigenvalue weighted by Crippen LogP contribution is 2.35. The van der Waals surface area contributed by atoms with Crippen LogP contribution >= 0.6 is 11.6 Å². The monoisotopic (exact) mass is 348 g/mol. The number of benzene rings is 1. The summed E-state index contributed by atoms with van der Waals surface area (Å²) >= 11 is 6.12. The smallest absolute Gasteiger partial charge is 0.319 e. The molecule has 1 unspecified atom stereocenters. The zero-order valence-corrected chi connectivity index (χ0v) is 14.9. The second-order valence-corrected chi connectivity index (χ2v) is 6.65. The van der Waals surface area contributed by atoms with Crippen molar-refractivity contribution in [3.05, 3.63) is 47.5 Å². The highest BCUT2D eigenvalue weighted by Gasteiger charge is 2.51. The number of amides is 3. The summed E-state index contributed by atoms with van der Waals surface area (Å²) < 4.78 is 0. The first-order valence-corrected chi connectivity index (χ1v) is 8.94. The highest BCUT2D eigenvalue weighted by molar-refractivity contribution is 6.30. The number of hydrogen-bond donors (Lipinski definition) is 1. The molecular formula is C19H25ClN2O2. The van der Waals surface area contributed by atoms with Crippen LogP contribution in [0, 0.1) is 0 Å². The molecule has 0 saturated carbocycles. The van der Waals surface area contributed by atoms with Gasteiger partial charge in [0.25, 0.3) is 5.91 Å². The first-order valence-electron chi connectivity index (χ1n) is 8.56. The van der Waals surface area contributed by atoms with Gasteiger partial charge in [0.15, 0.2) is 0 Å². The molecule has 1 heterocycles. The topological polar surface area (TPSA) is 49.4 Å². The van der Waals surface area contributed by atoms with E-state index in [1.54, 1.807) is 18.2 Å². The van der Waals surface area contributed by atoms with Gasteiger partial charge in [0, 0.05) is 11.6 Å². The molecule has 1 saturated heterocycles. The summed E-state index contributed by atoms with van der Waals surface area (Å²) in [6, 6.07) is 6.83. The first kappa shape index (κ1) is 18.5. The molecule has 0 aliphatic carbocycles. The van der Waals surface area contributed by atoms with E-state index in [2.05, 4.69) is 18.8 Å². The average Bonchev–Trinajstić information content (AvgIpc) is 2.80. The van der Waals surface area contributed by atoms with Crippen molar-refractivity contribution in [2.45, 2.75) is 51.0 Å². The lowest BCUT2D eigenvalue weighted by molar-refractivity contribution is -0.131. The van der Waals surface area contributed by atoms with Gasteiger partial charge in [-0.2, -0.15) is 0 Å². The van der Waals surface area contributed by atoms with Crippen LogP contribution in [0.1, 0.15) is 51.0 Å². The molecule has 0 spiro atoms. The van der Waals surface area contributed by atoms with Crippen LogP contribution < -0.4 is 5.32 Å². The van der Waals surface area contributed by atoms with E-state index in [-0.39, 0.29) is 18.5 Å². The van der Waals surface area contributed by atoms with Crippen molar-refractivity contribution in [1.29, 1.82) is 0 Å². The molecule has 1 N–H and O–H groups in total. The number of carbonyl (C=O) groups excluding carboxylic acids is 2. The summed E-state index contributed by atoms with van der Waals surface area (Å²) in [7, 11) is 0. The van der Waals surface area contributed by atoms with E-state index in [0.717, 1.165) is 24.8 Å². The lowest BCUT2D eigenvalue weighted by atomic mass is 9.84. The third-order valence-corrected chi connectivity index (χ3v) is 4.70.